The van der Waals surface area contributed by atoms with E-state index in [0.717, 1.165) is 5.56 Å². The number of benzene rings is 1. The van der Waals surface area contributed by atoms with Crippen LogP contribution in [0.4, 0.5) is 8.78 Å². The van der Waals surface area contributed by atoms with E-state index in [-0.39, 0.29) is 12.0 Å². The summed E-state index contributed by atoms with van der Waals surface area (Å²) in [5, 5.41) is 0. The summed E-state index contributed by atoms with van der Waals surface area (Å²) >= 11 is 0. The van der Waals surface area contributed by atoms with Crippen molar-refractivity contribution < 1.29 is 8.78 Å². The van der Waals surface area contributed by atoms with E-state index in [1.165, 1.54) is 12.1 Å². The molecule has 0 saturated heterocycles. The van der Waals surface area contributed by atoms with Crippen molar-refractivity contribution in [2.24, 2.45) is 5.73 Å². The zero-order valence-corrected chi connectivity index (χ0v) is 8.76. The Bertz CT molecular complexity index is 370. The maximum absolute atomic E-state index is 13.8. The fourth-order valence-electron chi connectivity index (χ4n) is 1.75. The van der Waals surface area contributed by atoms with Crippen LogP contribution in [0.3, 0.4) is 0 Å². The van der Waals surface area contributed by atoms with Crippen LogP contribution in [0.25, 0.3) is 0 Å². The molecule has 1 aliphatic carbocycles. The molecule has 0 amide bonds. The Labute approximate surface area is 88.3 Å². The van der Waals surface area contributed by atoms with Crippen molar-refractivity contribution >= 4 is 0 Å². The highest BCUT2D eigenvalue weighted by Crippen LogP contribution is 2.45. The summed E-state index contributed by atoms with van der Waals surface area (Å²) in [6.07, 6.45) is 1.20. The topological polar surface area (TPSA) is 26.0 Å². The smallest absolute Gasteiger partial charge is 0.275 e. The molecule has 0 radical (unpaired) electrons. The second kappa shape index (κ2) is 3.27. The number of nitrogens with two attached hydrogens (primary N) is 1. The van der Waals surface area contributed by atoms with Gasteiger partial charge in [-0.3, -0.25) is 0 Å². The third-order valence-corrected chi connectivity index (χ3v) is 2.91. The fraction of sp³-hybridized carbons (Fsp3) is 0.500. The van der Waals surface area contributed by atoms with Crippen LogP contribution in [0, 0.1) is 6.92 Å². The molecule has 1 aromatic rings. The summed E-state index contributed by atoms with van der Waals surface area (Å²) in [5.74, 6) is -2.79. The predicted molar refractivity (Wildman–Crippen MR) is 55.8 cm³/mol. The molecule has 82 valence electrons. The van der Waals surface area contributed by atoms with Crippen molar-refractivity contribution in [1.29, 1.82) is 0 Å². The minimum atomic E-state index is -2.79. The van der Waals surface area contributed by atoms with Gasteiger partial charge in [-0.2, -0.15) is 0 Å². The molecule has 1 aliphatic rings. The summed E-state index contributed by atoms with van der Waals surface area (Å²) in [7, 11) is 0. The standard InChI is InChI=1S/C12H15F2N/c1-9-3-2-4-10(7-9)12(13,14)8-11(15)5-6-11/h2-4,7H,5-6,8,15H2,1H3. The van der Waals surface area contributed by atoms with Crippen LogP contribution < -0.4 is 5.73 Å². The third-order valence-electron chi connectivity index (χ3n) is 2.91. The lowest BCUT2D eigenvalue weighted by Gasteiger charge is -2.20. The average Bonchev–Trinajstić information content (AvgIpc) is 2.82. The van der Waals surface area contributed by atoms with Gasteiger partial charge in [0.15, 0.2) is 0 Å². The predicted octanol–water partition coefficient (Wildman–Crippen LogP) is 2.97. The SMILES string of the molecule is Cc1cccc(C(F)(F)CC2(N)CC2)c1. The highest BCUT2D eigenvalue weighted by Gasteiger charge is 2.47. The van der Waals surface area contributed by atoms with E-state index < -0.39 is 11.5 Å². The fourth-order valence-corrected chi connectivity index (χ4v) is 1.75. The van der Waals surface area contributed by atoms with Crippen molar-refractivity contribution in [1.82, 2.24) is 0 Å². The molecule has 0 heterocycles. The number of aryl methyl sites for hydroxylation is 1. The molecule has 1 aromatic carbocycles. The number of alkyl halides is 2. The largest absolute Gasteiger partial charge is 0.325 e. The van der Waals surface area contributed by atoms with Crippen molar-refractivity contribution in [2.45, 2.75) is 37.6 Å². The Kier molecular flexibility index (Phi) is 2.30. The molecule has 1 nitrogen and oxygen atoms in total. The number of halogens is 2. The molecule has 0 atom stereocenters. The zero-order valence-electron chi connectivity index (χ0n) is 8.76. The Hall–Kier alpha value is -0.960. The summed E-state index contributed by atoms with van der Waals surface area (Å²) in [5.41, 5.74) is 6.05. The van der Waals surface area contributed by atoms with Crippen LogP contribution in [0.15, 0.2) is 24.3 Å². The van der Waals surface area contributed by atoms with Crippen LogP contribution in [-0.4, -0.2) is 5.54 Å². The highest BCUT2D eigenvalue weighted by molar-refractivity contribution is 5.27. The van der Waals surface area contributed by atoms with Gasteiger partial charge in [0.2, 0.25) is 0 Å². The molecule has 2 N–H and O–H groups in total. The first-order valence-electron chi connectivity index (χ1n) is 5.15. The van der Waals surface area contributed by atoms with Gasteiger partial charge < -0.3 is 5.73 Å². The minimum Gasteiger partial charge on any atom is -0.325 e. The zero-order chi connectivity index (χ0) is 11.1. The molecule has 3 heteroatoms. The van der Waals surface area contributed by atoms with Crippen LogP contribution in [0.2, 0.25) is 0 Å². The van der Waals surface area contributed by atoms with E-state index in [0.29, 0.717) is 12.8 Å². The average molecular weight is 211 g/mol. The quantitative estimate of drug-likeness (QED) is 0.817. The van der Waals surface area contributed by atoms with Gasteiger partial charge in [0.1, 0.15) is 0 Å². The molecule has 2 rings (SSSR count). The van der Waals surface area contributed by atoms with Gasteiger partial charge in [-0.1, -0.05) is 29.8 Å². The maximum atomic E-state index is 13.8. The van der Waals surface area contributed by atoms with Gasteiger partial charge in [0, 0.05) is 17.5 Å². The van der Waals surface area contributed by atoms with Gasteiger partial charge >= 0.3 is 0 Å². The summed E-state index contributed by atoms with van der Waals surface area (Å²) in [6.45, 7) is 1.81. The summed E-state index contributed by atoms with van der Waals surface area (Å²) < 4.78 is 27.6. The molecular weight excluding hydrogens is 196 g/mol. The Morgan fingerprint density at radius 3 is 2.60 bits per heavy atom. The molecule has 0 bridgehead atoms. The van der Waals surface area contributed by atoms with Crippen molar-refractivity contribution in [3.05, 3.63) is 35.4 Å². The number of hydrogen-bond acceptors (Lipinski definition) is 1. The summed E-state index contributed by atoms with van der Waals surface area (Å²) in [6, 6.07) is 6.48. The minimum absolute atomic E-state index is 0.0826. The van der Waals surface area contributed by atoms with Gasteiger partial charge in [0.05, 0.1) is 0 Å². The van der Waals surface area contributed by atoms with Gasteiger partial charge in [0.25, 0.3) is 5.92 Å². The maximum Gasteiger partial charge on any atom is 0.275 e. The first-order chi connectivity index (χ1) is 6.91. The second-order valence-corrected chi connectivity index (χ2v) is 4.61. The normalized spacial score (nSPS) is 18.9. The van der Waals surface area contributed by atoms with Crippen molar-refractivity contribution in [3.8, 4) is 0 Å². The number of rotatable bonds is 3. The van der Waals surface area contributed by atoms with Crippen molar-refractivity contribution in [3.63, 3.8) is 0 Å². The van der Waals surface area contributed by atoms with Gasteiger partial charge in [-0.15, -0.1) is 0 Å². The van der Waals surface area contributed by atoms with Crippen LogP contribution in [-0.2, 0) is 5.92 Å². The number of hydrogen-bond donors (Lipinski definition) is 1. The van der Waals surface area contributed by atoms with Crippen LogP contribution >= 0.6 is 0 Å². The first kappa shape index (κ1) is 10.6. The summed E-state index contributed by atoms with van der Waals surface area (Å²) in [4.78, 5) is 0. The highest BCUT2D eigenvalue weighted by atomic mass is 19.3. The van der Waals surface area contributed by atoms with Crippen molar-refractivity contribution in [2.75, 3.05) is 0 Å². The lowest BCUT2D eigenvalue weighted by Crippen LogP contribution is -2.30. The third kappa shape index (κ3) is 2.34. The van der Waals surface area contributed by atoms with Gasteiger partial charge in [-0.05, 0) is 19.8 Å². The molecule has 0 aliphatic heterocycles. The molecule has 1 saturated carbocycles. The van der Waals surface area contributed by atoms with Crippen LogP contribution in [0.1, 0.15) is 30.4 Å². The molecular formula is C12H15F2N. The lowest BCUT2D eigenvalue weighted by molar-refractivity contribution is -0.0224. The molecule has 0 unspecified atom stereocenters. The Balaban J connectivity index is 2.20. The Morgan fingerprint density at radius 2 is 2.07 bits per heavy atom. The van der Waals surface area contributed by atoms with E-state index in [9.17, 15) is 8.78 Å². The van der Waals surface area contributed by atoms with Gasteiger partial charge in [-0.25, -0.2) is 8.78 Å². The molecule has 15 heavy (non-hydrogen) atoms. The lowest BCUT2D eigenvalue weighted by atomic mass is 9.98. The molecule has 0 aromatic heterocycles. The van der Waals surface area contributed by atoms with E-state index in [4.69, 9.17) is 5.73 Å². The molecule has 0 spiro atoms. The molecule has 1 fully saturated rings. The van der Waals surface area contributed by atoms with E-state index in [2.05, 4.69) is 0 Å². The van der Waals surface area contributed by atoms with E-state index in [1.54, 1.807) is 6.07 Å². The van der Waals surface area contributed by atoms with E-state index in [1.807, 2.05) is 13.0 Å². The second-order valence-electron chi connectivity index (χ2n) is 4.61. The van der Waals surface area contributed by atoms with E-state index >= 15 is 0 Å². The first-order valence-corrected chi connectivity index (χ1v) is 5.15. The van der Waals surface area contributed by atoms with Crippen LogP contribution in [0.5, 0.6) is 0 Å². The Morgan fingerprint density at radius 1 is 1.40 bits per heavy atom. The monoisotopic (exact) mass is 211 g/mol.